The minimum atomic E-state index is -4.51. The van der Waals surface area contributed by atoms with Crippen molar-refractivity contribution in [1.29, 1.82) is 0 Å². The molecule has 0 saturated carbocycles. The number of unbranched alkanes of at least 4 members (excludes halogenated alkanes) is 2. The highest BCUT2D eigenvalue weighted by Crippen LogP contribution is 2.18. The maximum atomic E-state index is 12.4. The molecule has 0 saturated heterocycles. The van der Waals surface area contributed by atoms with E-state index in [4.69, 9.17) is 5.73 Å². The van der Waals surface area contributed by atoms with Crippen molar-refractivity contribution < 1.29 is 27.2 Å². The molecule has 0 aliphatic carbocycles. The van der Waals surface area contributed by atoms with Gasteiger partial charge in [0.25, 0.3) is 11.8 Å². The summed E-state index contributed by atoms with van der Waals surface area (Å²) in [6.45, 7) is -1.35. The largest absolute Gasteiger partial charge is 0.405 e. The molecule has 13 heteroatoms. The summed E-state index contributed by atoms with van der Waals surface area (Å²) < 4.78 is 50.6. The summed E-state index contributed by atoms with van der Waals surface area (Å²) in [6.07, 6.45) is -2.48. The Kier molecular flexibility index (Phi) is 11.1. The second-order valence-electron chi connectivity index (χ2n) is 6.69. The molecule has 4 N–H and O–H groups in total. The van der Waals surface area contributed by atoms with E-state index in [1.165, 1.54) is 28.9 Å². The first-order valence-corrected chi connectivity index (χ1v) is 9.71. The van der Waals surface area contributed by atoms with Crippen LogP contribution in [0.5, 0.6) is 0 Å². The lowest BCUT2D eigenvalue weighted by Gasteiger charge is -2.10. The first-order chi connectivity index (χ1) is 14.8. The molecular formula is C19H25ClF4N6O2. The zero-order valence-electron chi connectivity index (χ0n) is 17.1. The predicted molar refractivity (Wildman–Crippen MR) is 112 cm³/mol. The van der Waals surface area contributed by atoms with Gasteiger partial charge >= 0.3 is 6.18 Å². The molecule has 1 aromatic heterocycles. The number of benzene rings is 1. The van der Waals surface area contributed by atoms with Crippen LogP contribution in [0.25, 0.3) is 5.69 Å². The molecule has 0 aliphatic rings. The Morgan fingerprint density at radius 1 is 1.03 bits per heavy atom. The van der Waals surface area contributed by atoms with E-state index in [-0.39, 0.29) is 36.8 Å². The van der Waals surface area contributed by atoms with Gasteiger partial charge in [-0.2, -0.15) is 13.2 Å². The van der Waals surface area contributed by atoms with Crippen molar-refractivity contribution in [2.45, 2.75) is 31.9 Å². The minimum absolute atomic E-state index is 0. The monoisotopic (exact) mass is 480 g/mol. The molecule has 0 aliphatic heterocycles. The van der Waals surface area contributed by atoms with Crippen LogP contribution in [0.2, 0.25) is 0 Å². The van der Waals surface area contributed by atoms with Crippen LogP contribution < -0.4 is 16.4 Å². The average Bonchev–Trinajstić information content (AvgIpc) is 3.17. The fourth-order valence-corrected chi connectivity index (χ4v) is 2.78. The third-order valence-electron chi connectivity index (χ3n) is 4.28. The summed E-state index contributed by atoms with van der Waals surface area (Å²) in [4.78, 5) is 24.2. The molecule has 2 amide bonds. The molecule has 178 valence electrons. The van der Waals surface area contributed by atoms with E-state index in [0.717, 1.165) is 0 Å². The van der Waals surface area contributed by atoms with Crippen LogP contribution in [-0.2, 0) is 6.42 Å². The number of aromatic nitrogens is 3. The third kappa shape index (κ3) is 8.08. The van der Waals surface area contributed by atoms with Crippen molar-refractivity contribution in [3.8, 4) is 5.69 Å². The van der Waals surface area contributed by atoms with E-state index in [0.29, 0.717) is 37.1 Å². The van der Waals surface area contributed by atoms with Gasteiger partial charge in [0.15, 0.2) is 5.69 Å². The summed E-state index contributed by atoms with van der Waals surface area (Å²) in [5.41, 5.74) is 6.53. The second kappa shape index (κ2) is 13.0. The maximum Gasteiger partial charge on any atom is 0.405 e. The van der Waals surface area contributed by atoms with Gasteiger partial charge in [-0.15, -0.1) is 17.5 Å². The lowest BCUT2D eigenvalue weighted by molar-refractivity contribution is -0.123. The average molecular weight is 481 g/mol. The molecule has 8 nitrogen and oxygen atoms in total. The molecule has 32 heavy (non-hydrogen) atoms. The summed E-state index contributed by atoms with van der Waals surface area (Å²) in [6, 6.07) is 5.68. The molecule has 0 radical (unpaired) electrons. The Bertz CT molecular complexity index is 874. The minimum Gasteiger partial charge on any atom is -0.349 e. The number of rotatable bonds is 11. The molecule has 1 aromatic carbocycles. The fraction of sp³-hybridized carbons (Fsp3) is 0.474. The first kappa shape index (κ1) is 27.3. The maximum absolute atomic E-state index is 12.4. The van der Waals surface area contributed by atoms with Crippen LogP contribution in [-0.4, -0.2) is 59.3 Å². The van der Waals surface area contributed by atoms with Gasteiger partial charge in [-0.1, -0.05) is 11.6 Å². The quantitative estimate of drug-likeness (QED) is 0.337. The highest BCUT2D eigenvalue weighted by atomic mass is 35.5. The van der Waals surface area contributed by atoms with Crippen molar-refractivity contribution in [3.63, 3.8) is 0 Å². The molecule has 0 fully saturated rings. The number of nitrogens with zero attached hydrogens (tertiary/aromatic N) is 3. The van der Waals surface area contributed by atoms with Gasteiger partial charge in [-0.05, 0) is 43.5 Å². The molecule has 2 aromatic rings. The van der Waals surface area contributed by atoms with Crippen molar-refractivity contribution in [3.05, 3.63) is 41.2 Å². The van der Waals surface area contributed by atoms with Gasteiger partial charge in [-0.25, -0.2) is 4.68 Å². The van der Waals surface area contributed by atoms with E-state index >= 15 is 0 Å². The van der Waals surface area contributed by atoms with Crippen molar-refractivity contribution >= 4 is 24.2 Å². The number of carbonyl (C=O) groups excluding carboxylic acids is 2. The predicted octanol–water partition coefficient (Wildman–Crippen LogP) is 2.35. The van der Waals surface area contributed by atoms with Gasteiger partial charge in [0.2, 0.25) is 0 Å². The van der Waals surface area contributed by atoms with Gasteiger partial charge < -0.3 is 16.4 Å². The number of carbonyl (C=O) groups is 2. The number of hydrogen-bond acceptors (Lipinski definition) is 5. The van der Waals surface area contributed by atoms with E-state index < -0.39 is 31.2 Å². The number of amides is 2. The van der Waals surface area contributed by atoms with Crippen LogP contribution in [0.15, 0.2) is 24.3 Å². The Labute approximate surface area is 188 Å². The van der Waals surface area contributed by atoms with Crippen molar-refractivity contribution in [2.24, 2.45) is 5.73 Å². The van der Waals surface area contributed by atoms with Crippen LogP contribution in [0.1, 0.15) is 45.8 Å². The lowest BCUT2D eigenvalue weighted by atomic mass is 10.1. The van der Waals surface area contributed by atoms with E-state index in [9.17, 15) is 27.2 Å². The summed E-state index contributed by atoms with van der Waals surface area (Å²) in [7, 11) is 0. The number of nitrogens with two attached hydrogens (primary N) is 1. The molecule has 1 heterocycles. The summed E-state index contributed by atoms with van der Waals surface area (Å²) in [5, 5.41) is 12.4. The van der Waals surface area contributed by atoms with Crippen LogP contribution >= 0.6 is 12.4 Å². The zero-order chi connectivity index (χ0) is 22.9. The first-order valence-electron chi connectivity index (χ1n) is 9.71. The number of nitrogens with one attached hydrogen (secondary N) is 2. The Morgan fingerprint density at radius 2 is 1.72 bits per heavy atom. The topological polar surface area (TPSA) is 115 Å². The smallest absolute Gasteiger partial charge is 0.349 e. The zero-order valence-corrected chi connectivity index (χ0v) is 17.9. The molecule has 0 unspecified atom stereocenters. The summed E-state index contributed by atoms with van der Waals surface area (Å²) in [5.74, 6) is -1.31. The molecule has 0 bridgehead atoms. The third-order valence-corrected chi connectivity index (χ3v) is 4.28. The summed E-state index contributed by atoms with van der Waals surface area (Å²) >= 11 is 0. The Hall–Kier alpha value is -2.73. The second-order valence-corrected chi connectivity index (χ2v) is 6.69. The van der Waals surface area contributed by atoms with Crippen molar-refractivity contribution in [2.75, 3.05) is 26.3 Å². The van der Waals surface area contributed by atoms with Crippen LogP contribution in [0, 0.1) is 0 Å². The molecule has 0 spiro atoms. The molecule has 2 rings (SSSR count). The Morgan fingerprint density at radius 3 is 2.31 bits per heavy atom. The molecule has 0 atom stereocenters. The fourth-order valence-electron chi connectivity index (χ4n) is 2.78. The normalized spacial score (nSPS) is 11.0. The number of alkyl halides is 4. The number of halogens is 5. The lowest BCUT2D eigenvalue weighted by Crippen LogP contribution is -2.33. The van der Waals surface area contributed by atoms with Crippen LogP contribution in [0.4, 0.5) is 17.6 Å². The van der Waals surface area contributed by atoms with Gasteiger partial charge in [0.1, 0.15) is 6.54 Å². The standard InChI is InChI=1S/C19H24F4N6O2.ClH/c20-9-3-1-2-4-15-16(18(31)25-11-10-24)27-28-29(15)14-7-5-13(6-8-14)17(30)26-12-19(21,22)23;/h5-8H,1-4,9-12,24H2,(H,25,31)(H,26,30);1H. The van der Waals surface area contributed by atoms with Crippen LogP contribution in [0.3, 0.4) is 0 Å². The molecular weight excluding hydrogens is 456 g/mol. The van der Waals surface area contributed by atoms with E-state index in [1.54, 1.807) is 5.32 Å². The van der Waals surface area contributed by atoms with E-state index in [2.05, 4.69) is 15.6 Å². The van der Waals surface area contributed by atoms with E-state index in [1.807, 2.05) is 0 Å². The number of hydrogen-bond donors (Lipinski definition) is 3. The Balaban J connectivity index is 0.00000512. The SMILES string of the molecule is Cl.NCCNC(=O)c1nnn(-c2ccc(C(=O)NCC(F)(F)F)cc2)c1CCCCCF. The highest BCUT2D eigenvalue weighted by molar-refractivity contribution is 5.94. The highest BCUT2D eigenvalue weighted by Gasteiger charge is 2.28. The van der Waals surface area contributed by atoms with Gasteiger partial charge in [0, 0.05) is 18.7 Å². The van der Waals surface area contributed by atoms with Gasteiger partial charge in [-0.3, -0.25) is 14.0 Å². The van der Waals surface area contributed by atoms with Gasteiger partial charge in [0.05, 0.1) is 18.1 Å². The van der Waals surface area contributed by atoms with Crippen molar-refractivity contribution in [1.82, 2.24) is 25.6 Å².